The van der Waals surface area contributed by atoms with Crippen LogP contribution in [0.25, 0.3) is 0 Å². The molecular formula is C18H27N3O5. The van der Waals surface area contributed by atoms with Gasteiger partial charge in [-0.05, 0) is 63.2 Å². The number of hydrogen-bond donors (Lipinski definition) is 3. The van der Waals surface area contributed by atoms with Crippen molar-refractivity contribution in [2.24, 2.45) is 28.9 Å². The Hall–Kier alpha value is -2.12. The number of carbonyl (C=O) groups is 4. The van der Waals surface area contributed by atoms with E-state index < -0.39 is 24.0 Å². The maximum absolute atomic E-state index is 12.8. The summed E-state index contributed by atoms with van der Waals surface area (Å²) < 4.78 is 4.93. The van der Waals surface area contributed by atoms with E-state index in [0.29, 0.717) is 17.8 Å². The van der Waals surface area contributed by atoms with Crippen molar-refractivity contribution in [3.8, 4) is 0 Å². The number of primary amides is 1. The molecule has 4 amide bonds. The number of urea groups is 1. The van der Waals surface area contributed by atoms with Crippen LogP contribution in [0.4, 0.5) is 4.79 Å². The van der Waals surface area contributed by atoms with Crippen molar-refractivity contribution in [2.75, 3.05) is 6.54 Å². The van der Waals surface area contributed by atoms with Crippen LogP contribution in [0, 0.1) is 23.2 Å². The minimum Gasteiger partial charge on any atom is -0.452 e. The van der Waals surface area contributed by atoms with E-state index in [1.54, 1.807) is 0 Å². The Morgan fingerprint density at radius 2 is 1.62 bits per heavy atom. The molecule has 0 saturated heterocycles. The van der Waals surface area contributed by atoms with Gasteiger partial charge in [-0.3, -0.25) is 19.7 Å². The van der Waals surface area contributed by atoms with Crippen molar-refractivity contribution < 1.29 is 23.9 Å². The van der Waals surface area contributed by atoms with E-state index in [2.05, 4.69) is 5.32 Å². The van der Waals surface area contributed by atoms with Gasteiger partial charge in [-0.2, -0.15) is 0 Å². The third-order valence-corrected chi connectivity index (χ3v) is 6.06. The summed E-state index contributed by atoms with van der Waals surface area (Å²) in [4.78, 5) is 46.6. The van der Waals surface area contributed by atoms with Crippen LogP contribution in [0.3, 0.4) is 0 Å². The van der Waals surface area contributed by atoms with Crippen molar-refractivity contribution >= 4 is 23.8 Å². The fraction of sp³-hybridized carbons (Fsp3) is 0.778. The number of carbonyl (C=O) groups excluding carboxylic acids is 4. The van der Waals surface area contributed by atoms with Gasteiger partial charge in [-0.15, -0.1) is 0 Å². The van der Waals surface area contributed by atoms with Gasteiger partial charge >= 0.3 is 12.0 Å². The molecule has 0 aromatic rings. The van der Waals surface area contributed by atoms with Gasteiger partial charge in [-0.25, -0.2) is 4.79 Å². The molecule has 4 aliphatic rings. The highest BCUT2D eigenvalue weighted by Gasteiger charge is 2.54. The Morgan fingerprint density at radius 3 is 2.12 bits per heavy atom. The first-order valence-corrected chi connectivity index (χ1v) is 9.35. The molecule has 4 saturated carbocycles. The highest BCUT2D eigenvalue weighted by molar-refractivity contribution is 5.96. The molecule has 4 bridgehead atoms. The molecule has 0 aromatic carbocycles. The fourth-order valence-corrected chi connectivity index (χ4v) is 5.39. The molecule has 0 unspecified atom stereocenters. The smallest absolute Gasteiger partial charge is 0.318 e. The molecule has 4 aliphatic carbocycles. The summed E-state index contributed by atoms with van der Waals surface area (Å²) in [6, 6.07) is -0.999. The molecule has 0 heterocycles. The summed E-state index contributed by atoms with van der Waals surface area (Å²) in [6.07, 6.45) is 5.58. The van der Waals surface area contributed by atoms with Crippen LogP contribution >= 0.6 is 0 Å². The van der Waals surface area contributed by atoms with Crippen LogP contribution in [0.1, 0.15) is 51.9 Å². The third kappa shape index (κ3) is 3.99. The average molecular weight is 365 g/mol. The summed E-state index contributed by atoms with van der Waals surface area (Å²) >= 11 is 0. The van der Waals surface area contributed by atoms with Crippen molar-refractivity contribution in [3.05, 3.63) is 0 Å². The second kappa shape index (κ2) is 7.25. The molecule has 4 N–H and O–H groups in total. The first-order chi connectivity index (χ1) is 12.3. The van der Waals surface area contributed by atoms with Gasteiger partial charge in [0.15, 0.2) is 6.10 Å². The van der Waals surface area contributed by atoms with E-state index in [-0.39, 0.29) is 24.3 Å². The Labute approximate surface area is 152 Å². The maximum Gasteiger partial charge on any atom is 0.318 e. The number of ether oxygens (including phenoxy) is 1. The topological polar surface area (TPSA) is 128 Å². The average Bonchev–Trinajstić information content (AvgIpc) is 2.52. The van der Waals surface area contributed by atoms with Gasteiger partial charge in [0.1, 0.15) is 0 Å². The SMILES string of the molecule is C[C@@H](OC(=O)CCNC(=O)C12CC3CC(CC(C3)C1)C2)C(=O)NC(N)=O. The number of imide groups is 1. The van der Waals surface area contributed by atoms with E-state index in [1.807, 2.05) is 5.32 Å². The Morgan fingerprint density at radius 1 is 1.08 bits per heavy atom. The molecule has 4 fully saturated rings. The summed E-state index contributed by atoms with van der Waals surface area (Å²) in [5, 5.41) is 4.74. The zero-order chi connectivity index (χ0) is 18.9. The second-order valence-corrected chi connectivity index (χ2v) is 8.19. The predicted molar refractivity (Wildman–Crippen MR) is 91.5 cm³/mol. The number of nitrogens with two attached hydrogens (primary N) is 1. The molecule has 0 spiro atoms. The van der Waals surface area contributed by atoms with Crippen molar-refractivity contribution in [3.63, 3.8) is 0 Å². The van der Waals surface area contributed by atoms with Crippen LogP contribution in [0.2, 0.25) is 0 Å². The second-order valence-electron chi connectivity index (χ2n) is 8.19. The molecule has 0 aromatic heterocycles. The molecule has 26 heavy (non-hydrogen) atoms. The Kier molecular flexibility index (Phi) is 5.20. The molecule has 4 rings (SSSR count). The minimum absolute atomic E-state index is 0.0215. The third-order valence-electron chi connectivity index (χ3n) is 6.06. The van der Waals surface area contributed by atoms with Gasteiger partial charge in [0.2, 0.25) is 5.91 Å². The van der Waals surface area contributed by atoms with Gasteiger partial charge < -0.3 is 15.8 Å². The van der Waals surface area contributed by atoms with Crippen molar-refractivity contribution in [1.29, 1.82) is 0 Å². The molecule has 144 valence electrons. The van der Waals surface area contributed by atoms with E-state index in [0.717, 1.165) is 19.3 Å². The lowest BCUT2D eigenvalue weighted by Gasteiger charge is -2.55. The van der Waals surface area contributed by atoms with Crippen LogP contribution in [0.5, 0.6) is 0 Å². The first-order valence-electron chi connectivity index (χ1n) is 9.35. The van der Waals surface area contributed by atoms with Gasteiger partial charge in [-0.1, -0.05) is 0 Å². The lowest BCUT2D eigenvalue weighted by atomic mass is 9.49. The molecule has 8 nitrogen and oxygen atoms in total. The minimum atomic E-state index is -1.12. The number of rotatable bonds is 6. The van der Waals surface area contributed by atoms with E-state index in [9.17, 15) is 19.2 Å². The molecule has 1 atom stereocenters. The lowest BCUT2D eigenvalue weighted by Crippen LogP contribution is -2.53. The monoisotopic (exact) mass is 365 g/mol. The standard InChI is InChI=1S/C18H27N3O5/c1-10(15(23)21-17(19)25)26-14(22)2-3-20-16(24)18-7-11-4-12(8-18)6-13(5-11)9-18/h10-13H,2-9H2,1H3,(H,20,24)(H3,19,21,23,25)/t10-,11?,12?,13?,18?/m1/s1. The summed E-state index contributed by atoms with van der Waals surface area (Å²) in [7, 11) is 0. The number of amides is 4. The zero-order valence-corrected chi connectivity index (χ0v) is 15.1. The lowest BCUT2D eigenvalue weighted by molar-refractivity contribution is -0.154. The Bertz CT molecular complexity index is 583. The van der Waals surface area contributed by atoms with Crippen molar-refractivity contribution in [2.45, 2.75) is 58.0 Å². The van der Waals surface area contributed by atoms with Crippen LogP contribution < -0.4 is 16.4 Å². The largest absolute Gasteiger partial charge is 0.452 e. The molecule has 0 radical (unpaired) electrons. The summed E-state index contributed by atoms with van der Waals surface area (Å²) in [5.41, 5.74) is 4.60. The van der Waals surface area contributed by atoms with Gasteiger partial charge in [0.25, 0.3) is 5.91 Å². The highest BCUT2D eigenvalue weighted by Crippen LogP contribution is 2.60. The van der Waals surface area contributed by atoms with E-state index in [1.165, 1.54) is 26.2 Å². The van der Waals surface area contributed by atoms with Gasteiger partial charge in [0.05, 0.1) is 6.42 Å². The summed E-state index contributed by atoms with van der Waals surface area (Å²) in [5.74, 6) is 0.722. The fourth-order valence-electron chi connectivity index (χ4n) is 5.39. The normalized spacial score (nSPS) is 32.6. The number of nitrogens with one attached hydrogen (secondary N) is 2. The number of hydrogen-bond acceptors (Lipinski definition) is 5. The molecular weight excluding hydrogens is 338 g/mol. The predicted octanol–water partition coefficient (Wildman–Crippen LogP) is 0.836. The quantitative estimate of drug-likeness (QED) is 0.601. The van der Waals surface area contributed by atoms with Crippen LogP contribution in [-0.4, -0.2) is 36.5 Å². The maximum atomic E-state index is 12.8. The molecule has 8 heteroatoms. The zero-order valence-electron chi connectivity index (χ0n) is 15.1. The van der Waals surface area contributed by atoms with Gasteiger partial charge in [0, 0.05) is 12.0 Å². The first kappa shape index (κ1) is 18.7. The van der Waals surface area contributed by atoms with E-state index in [4.69, 9.17) is 10.5 Å². The van der Waals surface area contributed by atoms with E-state index >= 15 is 0 Å². The van der Waals surface area contributed by atoms with Crippen LogP contribution in [0.15, 0.2) is 0 Å². The number of esters is 1. The van der Waals surface area contributed by atoms with Crippen molar-refractivity contribution in [1.82, 2.24) is 10.6 Å². The highest BCUT2D eigenvalue weighted by atomic mass is 16.5. The summed E-state index contributed by atoms with van der Waals surface area (Å²) in [6.45, 7) is 1.54. The van der Waals surface area contributed by atoms with Crippen LogP contribution in [-0.2, 0) is 19.1 Å². The molecule has 0 aliphatic heterocycles. The Balaban J connectivity index is 1.42.